The fraction of sp³-hybridized carbons (Fsp3) is 0.545. The maximum absolute atomic E-state index is 11.4. The van der Waals surface area contributed by atoms with Crippen LogP contribution in [-0.2, 0) is 9.53 Å². The first kappa shape index (κ1) is 13.8. The molecular weight excluding hydrogens is 249 g/mol. The van der Waals surface area contributed by atoms with Crippen molar-refractivity contribution in [1.82, 2.24) is 9.97 Å². The lowest BCUT2D eigenvalue weighted by atomic mass is 9.83. The van der Waals surface area contributed by atoms with Gasteiger partial charge in [-0.2, -0.15) is 0 Å². The Bertz CT molecular complexity index is 432. The number of methoxy groups -OCH3 is 1. The van der Waals surface area contributed by atoms with E-state index in [0.717, 1.165) is 0 Å². The summed E-state index contributed by atoms with van der Waals surface area (Å²) in [5.41, 5.74) is 0.258. The van der Waals surface area contributed by atoms with Crippen LogP contribution in [0.4, 0.5) is 5.95 Å². The average molecular weight is 265 g/mol. The molecule has 2 N–H and O–H groups in total. The third kappa shape index (κ3) is 3.21. The zero-order valence-corrected chi connectivity index (χ0v) is 10.7. The van der Waals surface area contributed by atoms with Crippen LogP contribution in [0.2, 0.25) is 0 Å². The summed E-state index contributed by atoms with van der Waals surface area (Å²) in [6.45, 7) is 1.36. The van der Waals surface area contributed by atoms with E-state index < -0.39 is 7.12 Å². The number of ether oxygens (including phenoxy) is 1. The minimum absolute atomic E-state index is 0.0558. The Labute approximate surface area is 111 Å². The number of anilines is 1. The molecule has 1 aromatic heterocycles. The van der Waals surface area contributed by atoms with Crippen LogP contribution < -0.4 is 10.4 Å². The summed E-state index contributed by atoms with van der Waals surface area (Å²) in [7, 11) is -0.157. The van der Waals surface area contributed by atoms with Gasteiger partial charge in [-0.05, 0) is 12.8 Å². The van der Waals surface area contributed by atoms with E-state index >= 15 is 0 Å². The highest BCUT2D eigenvalue weighted by molar-refractivity contribution is 6.58. The molecule has 1 aromatic rings. The van der Waals surface area contributed by atoms with E-state index in [-0.39, 0.29) is 17.4 Å². The molecule has 0 aromatic carbocycles. The lowest BCUT2D eigenvalue weighted by Gasteiger charge is -2.30. The molecule has 1 aliphatic heterocycles. The van der Waals surface area contributed by atoms with Gasteiger partial charge in [0.15, 0.2) is 0 Å². The summed E-state index contributed by atoms with van der Waals surface area (Å²) in [5.74, 6) is 0.312. The highest BCUT2D eigenvalue weighted by Crippen LogP contribution is 2.20. The molecule has 1 aliphatic rings. The summed E-state index contributed by atoms with van der Waals surface area (Å²) >= 11 is 0. The van der Waals surface area contributed by atoms with E-state index in [4.69, 9.17) is 14.8 Å². The zero-order chi connectivity index (χ0) is 13.8. The predicted octanol–water partition coefficient (Wildman–Crippen LogP) is -1.45. The van der Waals surface area contributed by atoms with E-state index in [1.54, 1.807) is 0 Å². The van der Waals surface area contributed by atoms with Crippen molar-refractivity contribution in [3.05, 3.63) is 12.4 Å². The van der Waals surface area contributed by atoms with E-state index in [1.807, 2.05) is 4.90 Å². The second-order valence-electron chi connectivity index (χ2n) is 4.47. The monoisotopic (exact) mass is 265 g/mol. The van der Waals surface area contributed by atoms with Gasteiger partial charge in [-0.25, -0.2) is 9.97 Å². The van der Waals surface area contributed by atoms with Gasteiger partial charge in [-0.3, -0.25) is 4.79 Å². The standard InChI is InChI=1S/C11H16BN3O4/c1-19-10(16)8-2-4-15(5-3-8)11-13-6-9(7-14-11)12(17)18/h6-8,17-18H,2-5H2,1H3. The first-order chi connectivity index (χ1) is 9.11. The van der Waals surface area contributed by atoms with Crippen LogP contribution in [0.25, 0.3) is 0 Å². The fourth-order valence-corrected chi connectivity index (χ4v) is 2.11. The molecule has 19 heavy (non-hydrogen) atoms. The molecule has 0 unspecified atom stereocenters. The molecule has 0 atom stereocenters. The molecule has 2 rings (SSSR count). The van der Waals surface area contributed by atoms with E-state index in [0.29, 0.717) is 31.9 Å². The summed E-state index contributed by atoms with van der Waals surface area (Å²) < 4.78 is 4.73. The number of piperidine rings is 1. The lowest BCUT2D eigenvalue weighted by molar-refractivity contribution is -0.146. The molecule has 0 saturated carbocycles. The number of hydrogen-bond donors (Lipinski definition) is 2. The van der Waals surface area contributed by atoms with Gasteiger partial charge in [0.05, 0.1) is 13.0 Å². The molecular formula is C11H16BN3O4. The van der Waals surface area contributed by atoms with Crippen molar-refractivity contribution >= 4 is 24.5 Å². The van der Waals surface area contributed by atoms with Crippen LogP contribution >= 0.6 is 0 Å². The fourth-order valence-electron chi connectivity index (χ4n) is 2.11. The molecule has 0 bridgehead atoms. The van der Waals surface area contributed by atoms with Gasteiger partial charge in [0, 0.05) is 30.9 Å². The number of esters is 1. The smallest absolute Gasteiger partial charge is 0.469 e. The van der Waals surface area contributed by atoms with Crippen LogP contribution in [0.15, 0.2) is 12.4 Å². The van der Waals surface area contributed by atoms with E-state index in [2.05, 4.69) is 9.97 Å². The maximum Gasteiger partial charge on any atom is 0.491 e. The van der Waals surface area contributed by atoms with Crippen molar-refractivity contribution in [1.29, 1.82) is 0 Å². The molecule has 7 nitrogen and oxygen atoms in total. The van der Waals surface area contributed by atoms with Crippen molar-refractivity contribution in [2.24, 2.45) is 5.92 Å². The van der Waals surface area contributed by atoms with Crippen molar-refractivity contribution < 1.29 is 19.6 Å². The third-order valence-electron chi connectivity index (χ3n) is 3.27. The predicted molar refractivity (Wildman–Crippen MR) is 68.8 cm³/mol. The van der Waals surface area contributed by atoms with Crippen LogP contribution in [0, 0.1) is 5.92 Å². The second-order valence-corrected chi connectivity index (χ2v) is 4.47. The highest BCUT2D eigenvalue weighted by atomic mass is 16.5. The highest BCUT2D eigenvalue weighted by Gasteiger charge is 2.26. The topological polar surface area (TPSA) is 95.8 Å². The number of carbonyl (C=O) groups excluding carboxylic acids is 1. The van der Waals surface area contributed by atoms with Crippen LogP contribution in [0.3, 0.4) is 0 Å². The summed E-state index contributed by atoms with van der Waals surface area (Å²) in [6.07, 6.45) is 4.19. The van der Waals surface area contributed by atoms with Gasteiger partial charge in [0.25, 0.3) is 0 Å². The first-order valence-electron chi connectivity index (χ1n) is 6.12. The number of nitrogens with zero attached hydrogens (tertiary/aromatic N) is 3. The molecule has 0 spiro atoms. The van der Waals surface area contributed by atoms with Gasteiger partial charge in [-0.15, -0.1) is 0 Å². The second kappa shape index (κ2) is 5.98. The Morgan fingerprint density at radius 3 is 2.42 bits per heavy atom. The molecule has 1 fully saturated rings. The van der Waals surface area contributed by atoms with Crippen molar-refractivity contribution in [3.8, 4) is 0 Å². The molecule has 102 valence electrons. The summed E-state index contributed by atoms with van der Waals surface area (Å²) in [5, 5.41) is 17.9. The SMILES string of the molecule is COC(=O)C1CCN(c2ncc(B(O)O)cn2)CC1. The average Bonchev–Trinajstić information content (AvgIpc) is 2.46. The zero-order valence-electron chi connectivity index (χ0n) is 10.7. The Morgan fingerprint density at radius 1 is 1.37 bits per heavy atom. The molecule has 1 saturated heterocycles. The first-order valence-corrected chi connectivity index (χ1v) is 6.12. The van der Waals surface area contributed by atoms with E-state index in [9.17, 15) is 4.79 Å². The third-order valence-corrected chi connectivity index (χ3v) is 3.27. The number of aromatic nitrogens is 2. The minimum Gasteiger partial charge on any atom is -0.469 e. The van der Waals surface area contributed by atoms with Crippen LogP contribution in [0.1, 0.15) is 12.8 Å². The van der Waals surface area contributed by atoms with Gasteiger partial charge < -0.3 is 19.7 Å². The van der Waals surface area contributed by atoms with Crippen molar-refractivity contribution in [2.45, 2.75) is 12.8 Å². The van der Waals surface area contributed by atoms with Crippen molar-refractivity contribution in [3.63, 3.8) is 0 Å². The maximum atomic E-state index is 11.4. The molecule has 2 heterocycles. The van der Waals surface area contributed by atoms with Crippen LogP contribution in [0.5, 0.6) is 0 Å². The Kier molecular flexibility index (Phi) is 4.33. The summed E-state index contributed by atoms with van der Waals surface area (Å²) in [6, 6.07) is 0. The Morgan fingerprint density at radius 2 is 1.95 bits per heavy atom. The van der Waals surface area contributed by atoms with Gasteiger partial charge in [0.2, 0.25) is 5.95 Å². The largest absolute Gasteiger partial charge is 0.491 e. The Balaban J connectivity index is 1.96. The number of carbonyl (C=O) groups is 1. The minimum atomic E-state index is -1.56. The van der Waals surface area contributed by atoms with Crippen molar-refractivity contribution in [2.75, 3.05) is 25.1 Å². The van der Waals surface area contributed by atoms with Gasteiger partial charge in [-0.1, -0.05) is 0 Å². The van der Waals surface area contributed by atoms with Gasteiger partial charge >= 0.3 is 13.1 Å². The van der Waals surface area contributed by atoms with E-state index in [1.165, 1.54) is 19.5 Å². The molecule has 0 aliphatic carbocycles. The number of rotatable bonds is 3. The molecule has 0 amide bonds. The molecule has 8 heteroatoms. The summed E-state index contributed by atoms with van der Waals surface area (Å²) in [4.78, 5) is 21.6. The van der Waals surface area contributed by atoms with Gasteiger partial charge in [0.1, 0.15) is 0 Å². The Hall–Kier alpha value is -1.67. The molecule has 0 radical (unpaired) electrons. The number of hydrogen-bond acceptors (Lipinski definition) is 7. The normalized spacial score (nSPS) is 16.3. The lowest BCUT2D eigenvalue weighted by Crippen LogP contribution is -2.38. The quantitative estimate of drug-likeness (QED) is 0.509. The van der Waals surface area contributed by atoms with Crippen LogP contribution in [-0.4, -0.2) is 53.3 Å².